The van der Waals surface area contributed by atoms with Gasteiger partial charge < -0.3 is 20.5 Å². The highest BCUT2D eigenvalue weighted by molar-refractivity contribution is 7.11. The summed E-state index contributed by atoms with van der Waals surface area (Å²) in [6.45, 7) is 2.09. The van der Waals surface area contributed by atoms with Gasteiger partial charge >= 0.3 is 0 Å². The molecule has 202 valence electrons. The summed E-state index contributed by atoms with van der Waals surface area (Å²) >= 11 is 7.37. The van der Waals surface area contributed by atoms with Crippen LogP contribution in [-0.4, -0.2) is 40.0 Å². The molecule has 2 amide bonds. The Bertz CT molecular complexity index is 1730. The molecule has 2 aromatic heterocycles. The second-order valence-electron chi connectivity index (χ2n) is 8.57. The molecule has 0 aliphatic rings. The number of benzene rings is 3. The Balaban J connectivity index is 1.28. The minimum atomic E-state index is -0.637. The number of nitrogens with one attached hydrogen (secondary N) is 3. The summed E-state index contributed by atoms with van der Waals surface area (Å²) in [5.74, 6) is -0.563. The minimum absolute atomic E-state index is 0.0408. The average Bonchev–Trinajstić information content (AvgIpc) is 3.62. The van der Waals surface area contributed by atoms with Crippen molar-refractivity contribution in [3.8, 4) is 11.3 Å². The maximum atomic E-state index is 13.2. The number of carbonyl (C=O) groups is 2. The van der Waals surface area contributed by atoms with Gasteiger partial charge in [-0.25, -0.2) is 4.98 Å². The number of amides is 2. The van der Waals surface area contributed by atoms with E-state index in [0.29, 0.717) is 22.7 Å². The van der Waals surface area contributed by atoms with Crippen LogP contribution in [0.1, 0.15) is 25.9 Å². The van der Waals surface area contributed by atoms with Crippen LogP contribution in [0, 0.1) is 17.0 Å². The van der Waals surface area contributed by atoms with E-state index in [9.17, 15) is 19.7 Å². The lowest BCUT2D eigenvalue weighted by Gasteiger charge is -2.12. The highest BCUT2D eigenvalue weighted by Gasteiger charge is 2.23. The molecular formula is C27H21ClN6O5S. The number of nitrogens with zero attached hydrogens (tertiary/aromatic N) is 3. The van der Waals surface area contributed by atoms with E-state index in [-0.39, 0.29) is 40.4 Å². The Labute approximate surface area is 236 Å². The van der Waals surface area contributed by atoms with Crippen molar-refractivity contribution in [2.45, 2.75) is 6.92 Å². The van der Waals surface area contributed by atoms with Gasteiger partial charge in [-0.15, -0.1) is 11.3 Å². The molecule has 2 heterocycles. The molecule has 0 unspecified atom stereocenters. The second-order valence-corrected chi connectivity index (χ2v) is 9.87. The van der Waals surface area contributed by atoms with Gasteiger partial charge in [0.25, 0.3) is 17.5 Å². The number of nitro benzene ring substituents is 1. The molecule has 3 aromatic carbocycles. The molecule has 3 N–H and O–H groups in total. The maximum absolute atomic E-state index is 13.2. The zero-order valence-corrected chi connectivity index (χ0v) is 22.5. The number of halogens is 1. The number of fused-ring (bicyclic) bond motifs is 1. The molecule has 0 fully saturated rings. The first-order valence-corrected chi connectivity index (χ1v) is 13.2. The fraction of sp³-hybridized carbons (Fsp3) is 0.111. The van der Waals surface area contributed by atoms with E-state index in [2.05, 4.69) is 26.1 Å². The Morgan fingerprint density at radius 3 is 2.65 bits per heavy atom. The SMILES string of the molecule is Cc1onc(-c2cccc3ccccc23)c1C(=O)NCCNc1cc(NC(=O)c2nccs2)c([N+](=O)[O-])cc1Cl. The van der Waals surface area contributed by atoms with E-state index < -0.39 is 10.8 Å². The number of carbonyl (C=O) groups excluding carboxylic acids is 2. The van der Waals surface area contributed by atoms with Crippen LogP contribution >= 0.6 is 22.9 Å². The molecule has 11 nitrogen and oxygen atoms in total. The first kappa shape index (κ1) is 26.8. The zero-order valence-electron chi connectivity index (χ0n) is 20.9. The van der Waals surface area contributed by atoms with Crippen LogP contribution in [-0.2, 0) is 0 Å². The van der Waals surface area contributed by atoms with Crippen LogP contribution in [0.5, 0.6) is 0 Å². The Morgan fingerprint density at radius 1 is 1.07 bits per heavy atom. The van der Waals surface area contributed by atoms with Crippen molar-refractivity contribution in [1.29, 1.82) is 0 Å². The van der Waals surface area contributed by atoms with E-state index in [1.54, 1.807) is 12.3 Å². The van der Waals surface area contributed by atoms with E-state index in [0.717, 1.165) is 33.7 Å². The van der Waals surface area contributed by atoms with Gasteiger partial charge in [-0.1, -0.05) is 59.2 Å². The Hall–Kier alpha value is -4.81. The summed E-state index contributed by atoms with van der Waals surface area (Å²) in [4.78, 5) is 40.4. The number of aromatic nitrogens is 2. The maximum Gasteiger partial charge on any atom is 0.294 e. The van der Waals surface area contributed by atoms with Crippen LogP contribution in [0.4, 0.5) is 17.1 Å². The van der Waals surface area contributed by atoms with Gasteiger partial charge in [0, 0.05) is 36.3 Å². The highest BCUT2D eigenvalue weighted by atomic mass is 35.5. The van der Waals surface area contributed by atoms with Crippen molar-refractivity contribution in [3.05, 3.63) is 97.6 Å². The van der Waals surface area contributed by atoms with Gasteiger partial charge in [0.1, 0.15) is 22.7 Å². The number of anilines is 2. The lowest BCUT2D eigenvalue weighted by atomic mass is 9.99. The quantitative estimate of drug-likeness (QED) is 0.111. The highest BCUT2D eigenvalue weighted by Crippen LogP contribution is 2.35. The first-order valence-electron chi connectivity index (χ1n) is 12.0. The Morgan fingerprint density at radius 2 is 1.88 bits per heavy atom. The molecule has 0 radical (unpaired) electrons. The smallest absolute Gasteiger partial charge is 0.294 e. The fourth-order valence-corrected chi connectivity index (χ4v) is 4.93. The molecule has 0 spiro atoms. The van der Waals surface area contributed by atoms with Crippen LogP contribution in [0.15, 0.2) is 70.7 Å². The molecular weight excluding hydrogens is 556 g/mol. The van der Waals surface area contributed by atoms with Crippen molar-refractivity contribution >= 4 is 62.6 Å². The zero-order chi connectivity index (χ0) is 28.2. The molecule has 5 aromatic rings. The summed E-state index contributed by atoms with van der Waals surface area (Å²) in [5, 5.41) is 27.9. The molecule has 5 rings (SSSR count). The predicted molar refractivity (Wildman–Crippen MR) is 153 cm³/mol. The normalized spacial score (nSPS) is 10.8. The second kappa shape index (κ2) is 11.5. The van der Waals surface area contributed by atoms with Crippen molar-refractivity contribution in [2.24, 2.45) is 0 Å². The fourth-order valence-electron chi connectivity index (χ4n) is 4.18. The minimum Gasteiger partial charge on any atom is -0.382 e. The molecule has 40 heavy (non-hydrogen) atoms. The van der Waals surface area contributed by atoms with Crippen molar-refractivity contribution in [3.63, 3.8) is 0 Å². The lowest BCUT2D eigenvalue weighted by molar-refractivity contribution is -0.383. The molecule has 13 heteroatoms. The van der Waals surface area contributed by atoms with Gasteiger partial charge in [0.05, 0.1) is 15.6 Å². The summed E-state index contributed by atoms with van der Waals surface area (Å²) < 4.78 is 5.38. The number of nitro groups is 1. The summed E-state index contributed by atoms with van der Waals surface area (Å²) in [7, 11) is 0. The standard InChI is InChI=1S/C27H21ClN6O5S/c1-15-23(24(33-39-15)18-8-4-6-16-5-2-3-7-17(16)18)25(35)30-10-9-29-20-14-21(22(34(37)38)13-19(20)28)32-26(36)27-31-11-12-40-27/h2-8,11-14,29H,9-10H2,1H3,(H,30,35)(H,32,36). The van der Waals surface area contributed by atoms with E-state index in [1.165, 1.54) is 12.3 Å². The number of rotatable bonds is 9. The number of hydrogen-bond donors (Lipinski definition) is 3. The third kappa shape index (κ3) is 5.48. The number of thiazole rings is 1. The van der Waals surface area contributed by atoms with Crippen LogP contribution in [0.25, 0.3) is 22.0 Å². The largest absolute Gasteiger partial charge is 0.382 e. The lowest BCUT2D eigenvalue weighted by Crippen LogP contribution is -2.29. The number of aryl methyl sites for hydroxylation is 1. The van der Waals surface area contributed by atoms with Gasteiger partial charge in [-0.2, -0.15) is 0 Å². The van der Waals surface area contributed by atoms with Gasteiger partial charge in [-0.3, -0.25) is 19.7 Å². The molecule has 0 saturated heterocycles. The topological polar surface area (TPSA) is 152 Å². The molecule has 0 aliphatic carbocycles. The third-order valence-electron chi connectivity index (χ3n) is 6.02. The van der Waals surface area contributed by atoms with E-state index in [4.69, 9.17) is 16.1 Å². The van der Waals surface area contributed by atoms with Crippen LogP contribution < -0.4 is 16.0 Å². The summed E-state index contributed by atoms with van der Waals surface area (Å²) in [6, 6.07) is 16.1. The van der Waals surface area contributed by atoms with Crippen molar-refractivity contribution in [1.82, 2.24) is 15.5 Å². The summed E-state index contributed by atoms with van der Waals surface area (Å²) in [6.07, 6.45) is 1.46. The third-order valence-corrected chi connectivity index (χ3v) is 7.10. The Kier molecular flexibility index (Phi) is 7.71. The van der Waals surface area contributed by atoms with Gasteiger partial charge in [0.15, 0.2) is 5.01 Å². The average molecular weight is 577 g/mol. The van der Waals surface area contributed by atoms with Crippen molar-refractivity contribution in [2.75, 3.05) is 23.7 Å². The van der Waals surface area contributed by atoms with Crippen LogP contribution in [0.3, 0.4) is 0 Å². The van der Waals surface area contributed by atoms with Crippen LogP contribution in [0.2, 0.25) is 5.02 Å². The van der Waals surface area contributed by atoms with Gasteiger partial charge in [0.2, 0.25) is 0 Å². The van der Waals surface area contributed by atoms with Gasteiger partial charge in [-0.05, 0) is 23.8 Å². The van der Waals surface area contributed by atoms with E-state index >= 15 is 0 Å². The molecule has 0 atom stereocenters. The molecule has 0 saturated carbocycles. The molecule has 0 bridgehead atoms. The van der Waals surface area contributed by atoms with Crippen molar-refractivity contribution < 1.29 is 19.0 Å². The monoisotopic (exact) mass is 576 g/mol. The number of hydrogen-bond acceptors (Lipinski definition) is 9. The van der Waals surface area contributed by atoms with E-state index in [1.807, 2.05) is 42.5 Å². The first-order chi connectivity index (χ1) is 19.3. The summed E-state index contributed by atoms with van der Waals surface area (Å²) in [5.41, 5.74) is 1.49. The molecule has 0 aliphatic heterocycles. The predicted octanol–water partition coefficient (Wildman–Crippen LogP) is 5.92.